The van der Waals surface area contributed by atoms with Crippen LogP contribution in [0, 0.1) is 5.82 Å². The molecule has 3 aromatic heterocycles. The Morgan fingerprint density at radius 2 is 0.707 bits per heavy atom. The van der Waals surface area contributed by atoms with E-state index in [0.717, 1.165) is 71.8 Å². The predicted molar refractivity (Wildman–Crippen MR) is 168 cm³/mol. The molecule has 0 amide bonds. The van der Waals surface area contributed by atoms with Crippen molar-refractivity contribution < 1.29 is 8.79 Å². The van der Waals surface area contributed by atoms with Gasteiger partial charge in [-0.25, -0.2) is 4.39 Å². The van der Waals surface area contributed by atoms with E-state index in [4.69, 9.17) is 0 Å². The molecule has 0 unspecified atom stereocenters. The molecule has 41 heavy (non-hydrogen) atoms. The van der Waals surface area contributed by atoms with Gasteiger partial charge in [0.05, 0.1) is 21.9 Å². The smallest absolute Gasteiger partial charge is 0.207 e. The maximum Gasteiger partial charge on any atom is 0.227 e. The lowest BCUT2D eigenvalue weighted by molar-refractivity contribution is -0.449. The summed E-state index contributed by atoms with van der Waals surface area (Å²) in [5.74, 6) is -0.246. The molecule has 0 atom stereocenters. The van der Waals surface area contributed by atoms with E-state index in [9.17, 15) is 0 Å². The van der Waals surface area contributed by atoms with Crippen molar-refractivity contribution in [3.8, 4) is 44.5 Å². The monoisotopic (exact) mass is 526 g/mol. The second kappa shape index (κ2) is 9.39. The summed E-state index contributed by atoms with van der Waals surface area (Å²) in [7, 11) is 0. The van der Waals surface area contributed by atoms with Crippen LogP contribution in [0.3, 0.4) is 0 Å². The Morgan fingerprint density at radius 3 is 1.07 bits per heavy atom. The topological polar surface area (TPSA) is 4.10 Å². The Bertz CT molecular complexity index is 2020. The highest BCUT2D eigenvalue weighted by Gasteiger charge is 2.31. The van der Waals surface area contributed by atoms with Gasteiger partial charge in [0.25, 0.3) is 0 Å². The third-order valence-corrected chi connectivity index (χ3v) is 8.09. The molecule has 192 valence electrons. The van der Waals surface area contributed by atoms with E-state index < -0.39 is 0 Å². The molecule has 8 aromatic rings. The molecule has 0 fully saturated rings. The van der Waals surface area contributed by atoms with Crippen molar-refractivity contribution in [2.45, 2.75) is 0 Å². The summed E-state index contributed by atoms with van der Waals surface area (Å²) in [6.07, 6.45) is 0. The fraction of sp³-hybridized carbons (Fsp3) is 0. The molecule has 0 radical (unpaired) electrons. The van der Waals surface area contributed by atoms with E-state index in [1.807, 2.05) is 24.3 Å². The molecule has 0 saturated carbocycles. The Hall–Kier alpha value is -5.34. The first-order chi connectivity index (χ1) is 20.3. The SMILES string of the molecule is Fc1cc2c(-c3ccccc3)c(-c3ccccc3)c3cccc4c(-c5ccccc5)c(-c5ccccc5)c(c1)c2[n+]34. The number of halogens is 1. The van der Waals surface area contributed by atoms with Crippen molar-refractivity contribution in [3.05, 3.63) is 157 Å². The van der Waals surface area contributed by atoms with Crippen molar-refractivity contribution in [1.29, 1.82) is 0 Å². The molecule has 2 heteroatoms. The molecule has 3 heterocycles. The average Bonchev–Trinajstić information content (AvgIpc) is 3.04. The first-order valence-electron chi connectivity index (χ1n) is 13.9. The van der Waals surface area contributed by atoms with Gasteiger partial charge in [0.2, 0.25) is 16.6 Å². The maximum atomic E-state index is 15.9. The van der Waals surface area contributed by atoms with E-state index in [0.29, 0.717) is 0 Å². The Balaban J connectivity index is 1.70. The van der Waals surface area contributed by atoms with Crippen LogP contribution in [0.4, 0.5) is 4.39 Å². The van der Waals surface area contributed by atoms with Crippen molar-refractivity contribution >= 4 is 27.3 Å². The Morgan fingerprint density at radius 1 is 0.366 bits per heavy atom. The van der Waals surface area contributed by atoms with E-state index >= 15 is 4.39 Å². The average molecular weight is 527 g/mol. The lowest BCUT2D eigenvalue weighted by Crippen LogP contribution is -2.28. The standard InChI is InChI=1S/C39H25FN/c40-30-24-31-35(26-14-5-1-6-15-26)37(28-18-9-3-10-19-28)33-22-13-23-34-38(29-20-11-4-12-21-29)36(27-16-7-2-8-17-27)32(25-30)39(31)41(33)34/h1-25H/q+1. The number of aromatic nitrogens is 1. The Labute approximate surface area is 237 Å². The molecule has 0 saturated heterocycles. The largest absolute Gasteiger partial charge is 0.227 e. The number of rotatable bonds is 4. The van der Waals surface area contributed by atoms with Crippen molar-refractivity contribution in [2.24, 2.45) is 0 Å². The highest BCUT2D eigenvalue weighted by atomic mass is 19.1. The van der Waals surface area contributed by atoms with Gasteiger partial charge in [-0.3, -0.25) is 0 Å². The van der Waals surface area contributed by atoms with E-state index in [-0.39, 0.29) is 5.82 Å². The first kappa shape index (κ1) is 23.5. The highest BCUT2D eigenvalue weighted by Crippen LogP contribution is 2.46. The van der Waals surface area contributed by atoms with Crippen LogP contribution < -0.4 is 4.40 Å². The number of hydrogen-bond donors (Lipinski definition) is 0. The molecule has 0 aliphatic rings. The zero-order valence-corrected chi connectivity index (χ0v) is 22.3. The van der Waals surface area contributed by atoms with Gasteiger partial charge in [-0.1, -0.05) is 121 Å². The zero-order chi connectivity index (χ0) is 27.3. The minimum Gasteiger partial charge on any atom is -0.207 e. The van der Waals surface area contributed by atoms with Crippen LogP contribution in [0.15, 0.2) is 152 Å². The summed E-state index contributed by atoms with van der Waals surface area (Å²) >= 11 is 0. The normalized spacial score (nSPS) is 11.5. The van der Waals surface area contributed by atoms with Crippen LogP contribution >= 0.6 is 0 Å². The van der Waals surface area contributed by atoms with Gasteiger partial charge in [-0.05, 0) is 40.5 Å². The lowest BCUT2D eigenvalue weighted by atomic mass is 9.85. The molecule has 0 aliphatic carbocycles. The molecule has 5 aromatic carbocycles. The molecular weight excluding hydrogens is 501 g/mol. The van der Waals surface area contributed by atoms with Crippen LogP contribution in [0.1, 0.15) is 0 Å². The van der Waals surface area contributed by atoms with Gasteiger partial charge >= 0.3 is 0 Å². The van der Waals surface area contributed by atoms with Crippen LogP contribution in [-0.2, 0) is 0 Å². The zero-order valence-electron chi connectivity index (χ0n) is 22.3. The fourth-order valence-electron chi connectivity index (χ4n) is 6.49. The molecule has 0 spiro atoms. The van der Waals surface area contributed by atoms with Crippen molar-refractivity contribution in [1.82, 2.24) is 0 Å². The summed E-state index contributed by atoms with van der Waals surface area (Å²) in [4.78, 5) is 0. The van der Waals surface area contributed by atoms with Gasteiger partial charge in [0, 0.05) is 23.3 Å². The van der Waals surface area contributed by atoms with Gasteiger partial charge in [0.15, 0.2) is 0 Å². The lowest BCUT2D eigenvalue weighted by Gasteiger charge is -2.20. The van der Waals surface area contributed by atoms with Crippen LogP contribution in [-0.4, -0.2) is 0 Å². The summed E-state index contributed by atoms with van der Waals surface area (Å²) in [5, 5.41) is 1.80. The van der Waals surface area contributed by atoms with Crippen molar-refractivity contribution in [2.75, 3.05) is 0 Å². The third-order valence-electron chi connectivity index (χ3n) is 8.09. The molecule has 0 N–H and O–H groups in total. The van der Waals surface area contributed by atoms with Crippen molar-refractivity contribution in [3.63, 3.8) is 0 Å². The fourth-order valence-corrected chi connectivity index (χ4v) is 6.49. The molecule has 0 aliphatic heterocycles. The van der Waals surface area contributed by atoms with E-state index in [1.165, 1.54) is 0 Å². The highest BCUT2D eigenvalue weighted by molar-refractivity contribution is 6.16. The molecule has 0 bridgehead atoms. The third kappa shape index (κ3) is 3.65. The van der Waals surface area contributed by atoms with Gasteiger partial charge < -0.3 is 0 Å². The second-order valence-electron chi connectivity index (χ2n) is 10.4. The molecule has 1 nitrogen and oxygen atoms in total. The minimum atomic E-state index is -0.246. The summed E-state index contributed by atoms with van der Waals surface area (Å²) < 4.78 is 18.3. The molecular formula is C39H25FN+. The van der Waals surface area contributed by atoms with Crippen LogP contribution in [0.2, 0.25) is 0 Å². The molecule has 8 rings (SSSR count). The van der Waals surface area contributed by atoms with Crippen LogP contribution in [0.5, 0.6) is 0 Å². The number of benzene rings is 5. The maximum absolute atomic E-state index is 15.9. The van der Waals surface area contributed by atoms with E-state index in [2.05, 4.69) is 120 Å². The summed E-state index contributed by atoms with van der Waals surface area (Å²) in [5.41, 5.74) is 11.8. The van der Waals surface area contributed by atoms with Crippen LogP contribution in [0.25, 0.3) is 71.8 Å². The van der Waals surface area contributed by atoms with Gasteiger partial charge in [0.1, 0.15) is 5.82 Å². The van der Waals surface area contributed by atoms with Gasteiger partial charge in [-0.2, -0.15) is 4.40 Å². The number of hydrogen-bond acceptors (Lipinski definition) is 0. The number of pyridine rings is 3. The number of nitrogens with zero attached hydrogens (tertiary/aromatic N) is 1. The first-order valence-corrected chi connectivity index (χ1v) is 13.9. The van der Waals surface area contributed by atoms with E-state index in [1.54, 1.807) is 12.1 Å². The second-order valence-corrected chi connectivity index (χ2v) is 10.4. The minimum absolute atomic E-state index is 0.246. The van der Waals surface area contributed by atoms with Gasteiger partial charge in [-0.15, -0.1) is 0 Å². The summed E-state index contributed by atoms with van der Waals surface area (Å²) in [6.45, 7) is 0. The predicted octanol–water partition coefficient (Wildman–Crippen LogP) is 9.98. The summed E-state index contributed by atoms with van der Waals surface area (Å²) in [6, 6.07) is 51.7. The quantitative estimate of drug-likeness (QED) is 0.159. The Kier molecular flexibility index (Phi) is 5.39.